The van der Waals surface area contributed by atoms with Crippen molar-refractivity contribution in [2.75, 3.05) is 6.54 Å². The zero-order valence-corrected chi connectivity index (χ0v) is 10.9. The molecule has 0 saturated heterocycles. The van der Waals surface area contributed by atoms with Gasteiger partial charge in [0.2, 0.25) is 0 Å². The minimum atomic E-state index is 0.201. The minimum Gasteiger partial charge on any atom is -0.345 e. The third-order valence-electron chi connectivity index (χ3n) is 4.28. The molecule has 0 spiro atoms. The highest BCUT2D eigenvalue weighted by molar-refractivity contribution is 5.94. The van der Waals surface area contributed by atoms with E-state index < -0.39 is 0 Å². The van der Waals surface area contributed by atoms with E-state index in [4.69, 9.17) is 0 Å². The molecule has 3 heteroatoms. The molecule has 2 aromatic rings. The van der Waals surface area contributed by atoms with Crippen molar-refractivity contribution in [3.63, 3.8) is 0 Å². The second-order valence-corrected chi connectivity index (χ2v) is 5.58. The molecule has 0 saturated carbocycles. The highest BCUT2D eigenvalue weighted by Crippen LogP contribution is 2.38. The van der Waals surface area contributed by atoms with Gasteiger partial charge in [-0.05, 0) is 17.6 Å². The summed E-state index contributed by atoms with van der Waals surface area (Å²) in [4.78, 5) is 1.93. The SMILES string of the molecule is CC1C=C2c3cccc4ccn(c34)CC2N(C#N)C1. The maximum absolute atomic E-state index is 9.38. The maximum Gasteiger partial charge on any atom is 0.179 e. The Balaban J connectivity index is 2.00. The van der Waals surface area contributed by atoms with Crippen LogP contribution in [0.1, 0.15) is 12.5 Å². The minimum absolute atomic E-state index is 0.201. The van der Waals surface area contributed by atoms with Crippen LogP contribution < -0.4 is 0 Å². The first-order chi connectivity index (χ1) is 9.28. The van der Waals surface area contributed by atoms with Crippen molar-refractivity contribution in [2.45, 2.75) is 19.5 Å². The number of aromatic nitrogens is 1. The van der Waals surface area contributed by atoms with Gasteiger partial charge in [-0.25, -0.2) is 0 Å². The highest BCUT2D eigenvalue weighted by atomic mass is 15.2. The molecule has 3 heterocycles. The van der Waals surface area contributed by atoms with E-state index in [1.165, 1.54) is 22.0 Å². The summed E-state index contributed by atoms with van der Waals surface area (Å²) < 4.78 is 2.28. The molecule has 2 aliphatic heterocycles. The summed E-state index contributed by atoms with van der Waals surface area (Å²) in [7, 11) is 0. The summed E-state index contributed by atoms with van der Waals surface area (Å²) in [6.45, 7) is 3.89. The summed E-state index contributed by atoms with van der Waals surface area (Å²) >= 11 is 0. The largest absolute Gasteiger partial charge is 0.345 e. The van der Waals surface area contributed by atoms with Gasteiger partial charge in [0.1, 0.15) is 0 Å². The Hall–Kier alpha value is -2.21. The van der Waals surface area contributed by atoms with Gasteiger partial charge in [0, 0.05) is 30.2 Å². The number of hydrogen-bond donors (Lipinski definition) is 0. The Morgan fingerprint density at radius 1 is 1.26 bits per heavy atom. The van der Waals surface area contributed by atoms with E-state index in [0.29, 0.717) is 5.92 Å². The van der Waals surface area contributed by atoms with E-state index in [2.05, 4.69) is 54.2 Å². The number of nitriles is 1. The van der Waals surface area contributed by atoms with E-state index in [1.807, 2.05) is 4.90 Å². The number of para-hydroxylation sites is 1. The third kappa shape index (κ3) is 1.37. The normalized spacial score (nSPS) is 24.8. The summed E-state index contributed by atoms with van der Waals surface area (Å²) in [5, 5.41) is 10.7. The zero-order valence-electron chi connectivity index (χ0n) is 10.9. The number of nitrogens with zero attached hydrogens (tertiary/aromatic N) is 3. The summed E-state index contributed by atoms with van der Waals surface area (Å²) in [6, 6.07) is 8.82. The summed E-state index contributed by atoms with van der Waals surface area (Å²) in [5.74, 6) is 0.433. The molecule has 4 rings (SSSR count). The van der Waals surface area contributed by atoms with Gasteiger partial charge >= 0.3 is 0 Å². The number of fused-ring (bicyclic) bond motifs is 2. The van der Waals surface area contributed by atoms with E-state index in [1.54, 1.807) is 0 Å². The predicted molar refractivity (Wildman–Crippen MR) is 75.2 cm³/mol. The van der Waals surface area contributed by atoms with Gasteiger partial charge in [0.25, 0.3) is 0 Å². The molecule has 2 atom stereocenters. The first-order valence-electron chi connectivity index (χ1n) is 6.74. The molecule has 0 bridgehead atoms. The molecule has 0 fully saturated rings. The second-order valence-electron chi connectivity index (χ2n) is 5.58. The molecule has 1 aromatic heterocycles. The molecule has 2 aliphatic rings. The first kappa shape index (κ1) is 10.7. The number of rotatable bonds is 0. The molecule has 0 aliphatic carbocycles. The zero-order chi connectivity index (χ0) is 13.0. The fourth-order valence-corrected chi connectivity index (χ4v) is 3.49. The second kappa shape index (κ2) is 3.64. The van der Waals surface area contributed by atoms with Gasteiger partial charge in [-0.3, -0.25) is 0 Å². The lowest BCUT2D eigenvalue weighted by Gasteiger charge is -2.38. The van der Waals surface area contributed by atoms with Gasteiger partial charge < -0.3 is 9.47 Å². The van der Waals surface area contributed by atoms with E-state index in [9.17, 15) is 5.26 Å². The summed E-state index contributed by atoms with van der Waals surface area (Å²) in [6.07, 6.45) is 6.86. The Bertz CT molecular complexity index is 732. The number of benzene rings is 1. The van der Waals surface area contributed by atoms with Crippen LogP contribution in [-0.2, 0) is 6.54 Å². The lowest BCUT2D eigenvalue weighted by atomic mass is 9.86. The Labute approximate surface area is 112 Å². The molecule has 0 N–H and O–H groups in total. The predicted octanol–water partition coefficient (Wildman–Crippen LogP) is 2.84. The van der Waals surface area contributed by atoms with Crippen LogP contribution in [0.5, 0.6) is 0 Å². The van der Waals surface area contributed by atoms with Crippen LogP contribution in [0.3, 0.4) is 0 Å². The topological polar surface area (TPSA) is 32.0 Å². The van der Waals surface area contributed by atoms with Crippen molar-refractivity contribution < 1.29 is 0 Å². The van der Waals surface area contributed by atoms with E-state index in [-0.39, 0.29) is 6.04 Å². The van der Waals surface area contributed by atoms with Gasteiger partial charge in [-0.1, -0.05) is 31.2 Å². The lowest BCUT2D eigenvalue weighted by molar-refractivity contribution is 0.277. The maximum atomic E-state index is 9.38. The van der Waals surface area contributed by atoms with Crippen molar-refractivity contribution in [1.82, 2.24) is 9.47 Å². The van der Waals surface area contributed by atoms with E-state index >= 15 is 0 Å². The molecule has 19 heavy (non-hydrogen) atoms. The van der Waals surface area contributed by atoms with Crippen LogP contribution in [0.2, 0.25) is 0 Å². The Kier molecular flexibility index (Phi) is 2.05. The van der Waals surface area contributed by atoms with Crippen molar-refractivity contribution in [3.05, 3.63) is 42.1 Å². The van der Waals surface area contributed by atoms with Crippen LogP contribution in [0.25, 0.3) is 16.5 Å². The highest BCUT2D eigenvalue weighted by Gasteiger charge is 2.33. The average Bonchev–Trinajstić information content (AvgIpc) is 2.84. The molecule has 0 amide bonds. The van der Waals surface area contributed by atoms with Crippen molar-refractivity contribution in [3.8, 4) is 6.19 Å². The molecule has 0 radical (unpaired) electrons. The third-order valence-corrected chi connectivity index (χ3v) is 4.28. The first-order valence-corrected chi connectivity index (χ1v) is 6.74. The van der Waals surface area contributed by atoms with Crippen LogP contribution in [0, 0.1) is 17.4 Å². The Morgan fingerprint density at radius 2 is 2.16 bits per heavy atom. The van der Waals surface area contributed by atoms with Crippen LogP contribution in [0.15, 0.2) is 36.5 Å². The fraction of sp³-hybridized carbons (Fsp3) is 0.312. The van der Waals surface area contributed by atoms with Gasteiger partial charge in [0.15, 0.2) is 6.19 Å². The van der Waals surface area contributed by atoms with Gasteiger partial charge in [-0.15, -0.1) is 0 Å². The van der Waals surface area contributed by atoms with Crippen molar-refractivity contribution in [2.24, 2.45) is 5.92 Å². The lowest BCUT2D eigenvalue weighted by Crippen LogP contribution is -2.43. The molecule has 1 aromatic carbocycles. The molecule has 94 valence electrons. The number of hydrogen-bond acceptors (Lipinski definition) is 2. The quantitative estimate of drug-likeness (QED) is 0.672. The molecular weight excluding hydrogens is 234 g/mol. The van der Waals surface area contributed by atoms with Gasteiger partial charge in [-0.2, -0.15) is 5.26 Å². The van der Waals surface area contributed by atoms with Crippen molar-refractivity contribution >= 4 is 16.5 Å². The smallest absolute Gasteiger partial charge is 0.179 e. The van der Waals surface area contributed by atoms with Crippen LogP contribution in [-0.4, -0.2) is 22.1 Å². The fourth-order valence-electron chi connectivity index (χ4n) is 3.49. The molecule has 3 nitrogen and oxygen atoms in total. The van der Waals surface area contributed by atoms with E-state index in [0.717, 1.165) is 13.1 Å². The molecule has 2 unspecified atom stereocenters. The van der Waals surface area contributed by atoms with Crippen molar-refractivity contribution in [1.29, 1.82) is 5.26 Å². The average molecular weight is 249 g/mol. The van der Waals surface area contributed by atoms with Crippen LogP contribution in [0.4, 0.5) is 0 Å². The Morgan fingerprint density at radius 3 is 3.00 bits per heavy atom. The summed E-state index contributed by atoms with van der Waals surface area (Å²) in [5.41, 5.74) is 3.94. The van der Waals surface area contributed by atoms with Crippen LogP contribution >= 0.6 is 0 Å². The standard InChI is InChI=1S/C16H15N3/c1-11-7-14-13-4-2-3-12-5-6-18(16(12)13)9-15(14)19(8-11)10-17/h2-7,11,15H,8-9H2,1H3. The molecular formula is C16H15N3. The monoisotopic (exact) mass is 249 g/mol. The van der Waals surface area contributed by atoms with Gasteiger partial charge in [0.05, 0.1) is 11.6 Å².